The van der Waals surface area contributed by atoms with E-state index in [-0.39, 0.29) is 0 Å². The van der Waals surface area contributed by atoms with Crippen molar-refractivity contribution in [1.82, 2.24) is 14.5 Å². The number of fused-ring (bicyclic) bond motifs is 1. The quantitative estimate of drug-likeness (QED) is 0.539. The van der Waals surface area contributed by atoms with Gasteiger partial charge in [-0.3, -0.25) is 4.57 Å². The minimum absolute atomic E-state index is 0.463. The van der Waals surface area contributed by atoms with Crippen LogP contribution in [0.3, 0.4) is 0 Å². The van der Waals surface area contributed by atoms with Gasteiger partial charge in [-0.05, 0) is 36.4 Å². The Labute approximate surface area is 142 Å². The number of ether oxygens (including phenoxy) is 1. The maximum Gasteiger partial charge on any atom is 0.140 e. The molecule has 0 saturated carbocycles. The van der Waals surface area contributed by atoms with E-state index in [1.807, 2.05) is 42.5 Å². The smallest absolute Gasteiger partial charge is 0.140 e. The summed E-state index contributed by atoms with van der Waals surface area (Å²) < 4.78 is 8.80. The van der Waals surface area contributed by atoms with Gasteiger partial charge in [0.25, 0.3) is 0 Å². The maximum absolute atomic E-state index is 6.06. The van der Waals surface area contributed by atoms with Crippen LogP contribution in [0.25, 0.3) is 15.9 Å². The van der Waals surface area contributed by atoms with E-state index in [0.717, 1.165) is 22.0 Å². The van der Waals surface area contributed by atoms with Gasteiger partial charge in [0.1, 0.15) is 28.8 Å². The number of hydrogen-bond donors (Lipinski definition) is 0. The van der Waals surface area contributed by atoms with Crippen LogP contribution in [0.4, 0.5) is 0 Å². The lowest BCUT2D eigenvalue weighted by Gasteiger charge is -2.07. The molecule has 23 heavy (non-hydrogen) atoms. The summed E-state index contributed by atoms with van der Waals surface area (Å²) in [5.41, 5.74) is 1.96. The van der Waals surface area contributed by atoms with Gasteiger partial charge < -0.3 is 4.74 Å². The third-order valence-corrected chi connectivity index (χ3v) is 4.70. The van der Waals surface area contributed by atoms with Gasteiger partial charge >= 0.3 is 0 Å². The molecule has 0 spiro atoms. The van der Waals surface area contributed by atoms with Crippen molar-refractivity contribution >= 4 is 33.2 Å². The standard InChI is InChI=1S/C17H12ClN3OS/c18-16-9-19-11-21(16)12-5-7-13(8-6-12)22-10-17-20-14-3-1-2-4-15(14)23-17/h1-9,11H,10H2. The van der Waals surface area contributed by atoms with Gasteiger partial charge in [0.2, 0.25) is 0 Å². The Morgan fingerprint density at radius 1 is 1.09 bits per heavy atom. The minimum Gasteiger partial charge on any atom is -0.486 e. The number of nitrogens with zero attached hydrogens (tertiary/aromatic N) is 3. The van der Waals surface area contributed by atoms with Crippen molar-refractivity contribution in [3.63, 3.8) is 0 Å². The lowest BCUT2D eigenvalue weighted by Crippen LogP contribution is -1.96. The zero-order valence-electron chi connectivity index (χ0n) is 12.0. The molecule has 2 aromatic carbocycles. The van der Waals surface area contributed by atoms with Crippen LogP contribution < -0.4 is 4.74 Å². The first-order valence-corrected chi connectivity index (χ1v) is 8.24. The topological polar surface area (TPSA) is 39.9 Å². The van der Waals surface area contributed by atoms with Gasteiger partial charge in [0, 0.05) is 5.69 Å². The summed E-state index contributed by atoms with van der Waals surface area (Å²) in [6.07, 6.45) is 3.29. The van der Waals surface area contributed by atoms with E-state index < -0.39 is 0 Å². The van der Waals surface area contributed by atoms with Gasteiger partial charge in [-0.25, -0.2) is 9.97 Å². The normalized spacial score (nSPS) is 11.0. The van der Waals surface area contributed by atoms with Crippen molar-refractivity contribution in [3.05, 3.63) is 71.2 Å². The largest absolute Gasteiger partial charge is 0.486 e. The first kappa shape index (κ1) is 14.2. The fraction of sp³-hybridized carbons (Fsp3) is 0.0588. The maximum atomic E-state index is 6.06. The fourth-order valence-corrected chi connectivity index (χ4v) is 3.38. The average molecular weight is 342 g/mol. The SMILES string of the molecule is Clc1cncn1-c1ccc(OCc2nc3ccccc3s2)cc1. The van der Waals surface area contributed by atoms with Gasteiger partial charge in [-0.15, -0.1) is 11.3 Å². The number of rotatable bonds is 4. The number of hydrogen-bond acceptors (Lipinski definition) is 4. The molecule has 0 aliphatic rings. The van der Waals surface area contributed by atoms with E-state index in [2.05, 4.69) is 16.0 Å². The zero-order chi connectivity index (χ0) is 15.6. The molecule has 0 aliphatic carbocycles. The number of benzene rings is 2. The summed E-state index contributed by atoms with van der Waals surface area (Å²) in [4.78, 5) is 8.57. The number of imidazole rings is 1. The van der Waals surface area contributed by atoms with Crippen molar-refractivity contribution in [2.45, 2.75) is 6.61 Å². The number of aromatic nitrogens is 3. The summed E-state index contributed by atoms with van der Waals surface area (Å²) in [5, 5.41) is 1.54. The lowest BCUT2D eigenvalue weighted by molar-refractivity contribution is 0.306. The highest BCUT2D eigenvalue weighted by atomic mass is 35.5. The first-order chi connectivity index (χ1) is 11.3. The van der Waals surface area contributed by atoms with Crippen LogP contribution in [0, 0.1) is 0 Å². The molecular weight excluding hydrogens is 330 g/mol. The van der Waals surface area contributed by atoms with Crippen LogP contribution in [0.15, 0.2) is 61.1 Å². The molecule has 0 amide bonds. The van der Waals surface area contributed by atoms with Gasteiger partial charge in [-0.1, -0.05) is 23.7 Å². The molecule has 6 heteroatoms. The second-order valence-corrected chi connectivity index (χ2v) is 6.45. The third-order valence-electron chi connectivity index (χ3n) is 3.41. The minimum atomic E-state index is 0.463. The molecule has 4 aromatic rings. The van der Waals surface area contributed by atoms with Crippen LogP contribution >= 0.6 is 22.9 Å². The molecule has 4 rings (SSSR count). The summed E-state index contributed by atoms with van der Waals surface area (Å²) in [6.45, 7) is 0.463. The number of para-hydroxylation sites is 1. The molecular formula is C17H12ClN3OS. The monoisotopic (exact) mass is 341 g/mol. The molecule has 4 nitrogen and oxygen atoms in total. The molecule has 2 aromatic heterocycles. The molecule has 0 aliphatic heterocycles. The van der Waals surface area contributed by atoms with Crippen molar-refractivity contribution in [3.8, 4) is 11.4 Å². The molecule has 2 heterocycles. The molecule has 0 N–H and O–H groups in total. The molecule has 114 valence electrons. The molecule has 0 radical (unpaired) electrons. The van der Waals surface area contributed by atoms with Crippen molar-refractivity contribution in [2.75, 3.05) is 0 Å². The summed E-state index contributed by atoms with van der Waals surface area (Å²) in [6, 6.07) is 15.8. The number of halogens is 1. The average Bonchev–Trinajstić information content (AvgIpc) is 3.19. The Morgan fingerprint density at radius 2 is 1.91 bits per heavy atom. The van der Waals surface area contributed by atoms with Gasteiger partial charge in [0.05, 0.1) is 16.4 Å². The van der Waals surface area contributed by atoms with E-state index in [0.29, 0.717) is 11.8 Å². The molecule has 0 saturated heterocycles. The molecule has 0 bridgehead atoms. The highest BCUT2D eigenvalue weighted by Crippen LogP contribution is 2.24. The van der Waals surface area contributed by atoms with Crippen LogP contribution in [-0.4, -0.2) is 14.5 Å². The summed E-state index contributed by atoms with van der Waals surface area (Å²) in [5.74, 6) is 0.796. The Bertz CT molecular complexity index is 913. The van der Waals surface area contributed by atoms with Crippen LogP contribution in [0.2, 0.25) is 5.15 Å². The Morgan fingerprint density at radius 3 is 2.65 bits per heavy atom. The molecule has 0 fully saturated rings. The Kier molecular flexibility index (Phi) is 3.73. The van der Waals surface area contributed by atoms with E-state index in [4.69, 9.17) is 16.3 Å². The third kappa shape index (κ3) is 2.93. The van der Waals surface area contributed by atoms with Crippen LogP contribution in [0.1, 0.15) is 5.01 Å². The van der Waals surface area contributed by atoms with Crippen LogP contribution in [0.5, 0.6) is 5.75 Å². The molecule has 0 unspecified atom stereocenters. The van der Waals surface area contributed by atoms with E-state index in [9.17, 15) is 0 Å². The van der Waals surface area contributed by atoms with Crippen LogP contribution in [-0.2, 0) is 6.61 Å². The lowest BCUT2D eigenvalue weighted by atomic mass is 10.3. The van der Waals surface area contributed by atoms with Gasteiger partial charge in [0.15, 0.2) is 0 Å². The Hall–Kier alpha value is -2.37. The highest BCUT2D eigenvalue weighted by molar-refractivity contribution is 7.18. The van der Waals surface area contributed by atoms with E-state index in [1.54, 1.807) is 28.4 Å². The van der Waals surface area contributed by atoms with E-state index in [1.165, 1.54) is 4.70 Å². The predicted molar refractivity (Wildman–Crippen MR) is 92.5 cm³/mol. The second-order valence-electron chi connectivity index (χ2n) is 4.94. The summed E-state index contributed by atoms with van der Waals surface area (Å²) >= 11 is 7.71. The van der Waals surface area contributed by atoms with Crippen molar-refractivity contribution in [1.29, 1.82) is 0 Å². The van der Waals surface area contributed by atoms with Crippen molar-refractivity contribution < 1.29 is 4.74 Å². The van der Waals surface area contributed by atoms with E-state index >= 15 is 0 Å². The Balaban J connectivity index is 1.48. The number of thiazole rings is 1. The van der Waals surface area contributed by atoms with Gasteiger partial charge in [-0.2, -0.15) is 0 Å². The molecule has 0 atom stereocenters. The highest BCUT2D eigenvalue weighted by Gasteiger charge is 2.05. The van der Waals surface area contributed by atoms with Crippen molar-refractivity contribution in [2.24, 2.45) is 0 Å². The summed E-state index contributed by atoms with van der Waals surface area (Å²) in [7, 11) is 0. The zero-order valence-corrected chi connectivity index (χ0v) is 13.6. The fourth-order valence-electron chi connectivity index (χ4n) is 2.30. The first-order valence-electron chi connectivity index (χ1n) is 7.05. The predicted octanol–water partition coefficient (Wildman–Crippen LogP) is 4.71. The second kappa shape index (κ2) is 6.02.